The van der Waals surface area contributed by atoms with Gasteiger partial charge in [0.2, 0.25) is 0 Å². The number of benzene rings is 1. The van der Waals surface area contributed by atoms with Gasteiger partial charge in [-0.2, -0.15) is 0 Å². The van der Waals surface area contributed by atoms with Gasteiger partial charge in [0.05, 0.1) is 10.8 Å². The van der Waals surface area contributed by atoms with Crippen molar-refractivity contribution in [2.24, 2.45) is 11.8 Å². The second kappa shape index (κ2) is 6.41. The van der Waals surface area contributed by atoms with E-state index in [2.05, 4.69) is 0 Å². The molecule has 2 aliphatic carbocycles. The minimum Gasteiger partial charge on any atom is -0.293 e. The number of carbonyl (C=O) groups excluding carboxylic acids is 2. The van der Waals surface area contributed by atoms with E-state index in [1.165, 1.54) is 0 Å². The Morgan fingerprint density at radius 2 is 1.42 bits per heavy atom. The molecule has 0 aromatic heterocycles. The minimum absolute atomic E-state index is 0.0286. The molecule has 0 fully saturated rings. The Morgan fingerprint density at radius 3 is 1.96 bits per heavy atom. The first-order chi connectivity index (χ1) is 11.3. The molecule has 5 heteroatoms. The van der Waals surface area contributed by atoms with Crippen molar-refractivity contribution in [1.82, 2.24) is 0 Å². The fourth-order valence-electron chi connectivity index (χ4n) is 3.35. The molecular formula is C19H19ClO3S. The van der Waals surface area contributed by atoms with Gasteiger partial charge in [-0.15, -0.1) is 0 Å². The molecule has 0 saturated carbocycles. The van der Waals surface area contributed by atoms with Crippen molar-refractivity contribution < 1.29 is 13.8 Å². The number of rotatable bonds is 2. The molecule has 0 spiro atoms. The van der Waals surface area contributed by atoms with Crippen LogP contribution in [0.25, 0.3) is 0 Å². The van der Waals surface area contributed by atoms with E-state index in [1.54, 1.807) is 12.1 Å². The predicted octanol–water partition coefficient (Wildman–Crippen LogP) is 4.07. The van der Waals surface area contributed by atoms with E-state index in [0.717, 1.165) is 16.7 Å². The summed E-state index contributed by atoms with van der Waals surface area (Å²) in [5.74, 6) is -1.33. The Balaban J connectivity index is 2.02. The van der Waals surface area contributed by atoms with Gasteiger partial charge >= 0.3 is 0 Å². The molecule has 0 saturated heterocycles. The van der Waals surface area contributed by atoms with E-state index in [-0.39, 0.29) is 21.5 Å². The maximum atomic E-state index is 12.9. The summed E-state index contributed by atoms with van der Waals surface area (Å²) >= 11 is 6.21. The lowest BCUT2D eigenvalue weighted by Crippen LogP contribution is -2.40. The van der Waals surface area contributed by atoms with E-state index in [1.807, 2.05) is 32.9 Å². The lowest BCUT2D eigenvalue weighted by atomic mass is 9.70. The second-order valence-electron chi connectivity index (χ2n) is 6.64. The normalized spacial score (nSPS) is 25.8. The van der Waals surface area contributed by atoms with Gasteiger partial charge in [-0.3, -0.25) is 9.59 Å². The molecular weight excluding hydrogens is 344 g/mol. The van der Waals surface area contributed by atoms with E-state index in [0.29, 0.717) is 17.7 Å². The van der Waals surface area contributed by atoms with Crippen LogP contribution in [0.3, 0.4) is 0 Å². The Bertz CT molecular complexity index is 818. The standard InChI is InChI=1S/C19H19ClO3S/c1-10-4-6-13(7-5-10)24(23)19-16(20)17(21)14-8-11(2)12(3)9-15(14)18(19)22/h4-7,14-15H,8-9H2,1-3H3/t14-,15+,24-/m0/s1. The Morgan fingerprint density at radius 1 is 0.917 bits per heavy atom. The van der Waals surface area contributed by atoms with Crippen LogP contribution in [0.2, 0.25) is 0 Å². The topological polar surface area (TPSA) is 51.2 Å². The van der Waals surface area contributed by atoms with Gasteiger partial charge in [-0.25, -0.2) is 4.21 Å². The molecule has 0 heterocycles. The van der Waals surface area contributed by atoms with Crippen LogP contribution in [0, 0.1) is 18.8 Å². The third-order valence-corrected chi connectivity index (χ3v) is 6.96. The zero-order valence-corrected chi connectivity index (χ0v) is 15.5. The molecule has 3 nitrogen and oxygen atoms in total. The predicted molar refractivity (Wildman–Crippen MR) is 95.1 cm³/mol. The maximum absolute atomic E-state index is 12.9. The number of hydrogen-bond donors (Lipinski definition) is 0. The van der Waals surface area contributed by atoms with Crippen molar-refractivity contribution in [3.63, 3.8) is 0 Å². The average molecular weight is 363 g/mol. The fraction of sp³-hybridized carbons (Fsp3) is 0.368. The van der Waals surface area contributed by atoms with Crippen LogP contribution in [0.5, 0.6) is 0 Å². The summed E-state index contributed by atoms with van der Waals surface area (Å²) in [6, 6.07) is 7.08. The van der Waals surface area contributed by atoms with Crippen LogP contribution < -0.4 is 0 Å². The summed E-state index contributed by atoms with van der Waals surface area (Å²) < 4.78 is 12.9. The van der Waals surface area contributed by atoms with Gasteiger partial charge in [-0.05, 0) is 45.7 Å². The SMILES string of the molecule is CC1=C(C)C[C@H]2C(=O)C([S@@](=O)c3ccc(C)cc3)=C(Cl)C(=O)[C@H]2C1. The highest BCUT2D eigenvalue weighted by Crippen LogP contribution is 2.43. The third-order valence-electron chi connectivity index (χ3n) is 5.00. The molecule has 0 unspecified atom stereocenters. The highest BCUT2D eigenvalue weighted by Gasteiger charge is 2.46. The van der Waals surface area contributed by atoms with Crippen molar-refractivity contribution >= 4 is 34.0 Å². The third kappa shape index (κ3) is 2.82. The molecule has 126 valence electrons. The van der Waals surface area contributed by atoms with E-state index in [9.17, 15) is 13.8 Å². The van der Waals surface area contributed by atoms with Gasteiger partial charge < -0.3 is 0 Å². The van der Waals surface area contributed by atoms with Gasteiger partial charge in [0.1, 0.15) is 9.94 Å². The first-order valence-corrected chi connectivity index (χ1v) is 9.46. The number of fused-ring (bicyclic) bond motifs is 1. The Labute approximate surface area is 149 Å². The summed E-state index contributed by atoms with van der Waals surface area (Å²) in [4.78, 5) is 26.1. The number of allylic oxidation sites excluding steroid dienone is 4. The van der Waals surface area contributed by atoms with Crippen LogP contribution in [0.15, 0.2) is 50.2 Å². The van der Waals surface area contributed by atoms with Crippen LogP contribution in [-0.4, -0.2) is 15.8 Å². The van der Waals surface area contributed by atoms with Crippen LogP contribution >= 0.6 is 11.6 Å². The zero-order chi connectivity index (χ0) is 17.6. The summed E-state index contributed by atoms with van der Waals surface area (Å²) in [5.41, 5.74) is 3.31. The summed E-state index contributed by atoms with van der Waals surface area (Å²) in [5, 5.41) is -0.146. The summed E-state index contributed by atoms with van der Waals surface area (Å²) in [7, 11) is -1.73. The monoisotopic (exact) mass is 362 g/mol. The molecule has 1 aromatic carbocycles. The first-order valence-electron chi connectivity index (χ1n) is 7.93. The largest absolute Gasteiger partial charge is 0.293 e. The molecule has 1 aromatic rings. The maximum Gasteiger partial charge on any atom is 0.179 e. The van der Waals surface area contributed by atoms with Crippen LogP contribution in [0.1, 0.15) is 32.3 Å². The Hall–Kier alpha value is -1.52. The Kier molecular flexibility index (Phi) is 4.63. The van der Waals surface area contributed by atoms with Crippen molar-refractivity contribution in [3.05, 3.63) is 50.9 Å². The molecule has 2 aliphatic rings. The average Bonchev–Trinajstić information content (AvgIpc) is 2.55. The highest BCUT2D eigenvalue weighted by atomic mass is 35.5. The summed E-state index contributed by atoms with van der Waals surface area (Å²) in [6.07, 6.45) is 1.10. The minimum atomic E-state index is -1.73. The highest BCUT2D eigenvalue weighted by molar-refractivity contribution is 7.90. The lowest BCUT2D eigenvalue weighted by Gasteiger charge is -2.34. The molecule has 0 aliphatic heterocycles. The molecule has 0 bridgehead atoms. The van der Waals surface area contributed by atoms with E-state index >= 15 is 0 Å². The number of hydrogen-bond acceptors (Lipinski definition) is 3. The van der Waals surface area contributed by atoms with E-state index < -0.39 is 22.6 Å². The van der Waals surface area contributed by atoms with Gasteiger partial charge in [0, 0.05) is 16.7 Å². The molecule has 0 amide bonds. The van der Waals surface area contributed by atoms with Gasteiger partial charge in [-0.1, -0.05) is 40.4 Å². The lowest BCUT2D eigenvalue weighted by molar-refractivity contribution is -0.129. The number of aryl methyl sites for hydroxylation is 1. The van der Waals surface area contributed by atoms with Crippen molar-refractivity contribution in [1.29, 1.82) is 0 Å². The summed E-state index contributed by atoms with van der Waals surface area (Å²) in [6.45, 7) is 5.90. The molecule has 0 N–H and O–H groups in total. The van der Waals surface area contributed by atoms with Crippen LogP contribution in [-0.2, 0) is 20.4 Å². The number of Topliss-reactive ketones (excluding diaryl/α,β-unsaturated/α-hetero) is 2. The van der Waals surface area contributed by atoms with Crippen molar-refractivity contribution in [2.75, 3.05) is 0 Å². The number of halogens is 1. The van der Waals surface area contributed by atoms with Gasteiger partial charge in [0.15, 0.2) is 11.6 Å². The van der Waals surface area contributed by atoms with Crippen LogP contribution in [0.4, 0.5) is 0 Å². The second-order valence-corrected chi connectivity index (χ2v) is 8.43. The number of ketones is 2. The molecule has 0 radical (unpaired) electrons. The zero-order valence-electron chi connectivity index (χ0n) is 13.9. The fourth-order valence-corrected chi connectivity index (χ4v) is 5.01. The molecule has 3 atom stereocenters. The first kappa shape index (κ1) is 17.3. The molecule has 3 rings (SSSR count). The number of carbonyl (C=O) groups is 2. The van der Waals surface area contributed by atoms with E-state index in [4.69, 9.17) is 11.6 Å². The van der Waals surface area contributed by atoms with Gasteiger partial charge in [0.25, 0.3) is 0 Å². The smallest absolute Gasteiger partial charge is 0.179 e. The molecule has 24 heavy (non-hydrogen) atoms. The van der Waals surface area contributed by atoms with Crippen molar-refractivity contribution in [3.8, 4) is 0 Å². The van der Waals surface area contributed by atoms with Crippen molar-refractivity contribution in [2.45, 2.75) is 38.5 Å². The quantitative estimate of drug-likeness (QED) is 0.745.